The molecule has 1 aliphatic heterocycles. The standard InChI is InChI=1S/C21H28N4O3S/c1-24(2)29(27,28)18-12-10-17(11-13-18)16-22-21(26)23-19-8-4-5-9-20(19)25-14-6-3-7-15-25/h4-5,8-13H,3,6-7,14-16H2,1-2H3,(H2,22,23,26). The van der Waals surface area contributed by atoms with Crippen molar-refractivity contribution in [3.05, 3.63) is 54.1 Å². The van der Waals surface area contributed by atoms with Crippen molar-refractivity contribution in [1.82, 2.24) is 9.62 Å². The molecule has 2 aromatic carbocycles. The highest BCUT2D eigenvalue weighted by Crippen LogP contribution is 2.28. The van der Waals surface area contributed by atoms with Crippen LogP contribution in [0.25, 0.3) is 0 Å². The molecule has 0 atom stereocenters. The third-order valence-electron chi connectivity index (χ3n) is 5.00. The van der Waals surface area contributed by atoms with E-state index in [1.54, 1.807) is 24.3 Å². The van der Waals surface area contributed by atoms with Crippen molar-refractivity contribution in [1.29, 1.82) is 0 Å². The molecular formula is C21H28N4O3S. The third kappa shape index (κ3) is 5.27. The van der Waals surface area contributed by atoms with Gasteiger partial charge in [0.1, 0.15) is 0 Å². The number of benzene rings is 2. The lowest BCUT2D eigenvalue weighted by atomic mass is 10.1. The Kier molecular flexibility index (Phi) is 6.76. The Morgan fingerprint density at radius 3 is 2.31 bits per heavy atom. The molecule has 1 fully saturated rings. The van der Waals surface area contributed by atoms with E-state index in [-0.39, 0.29) is 10.9 Å². The van der Waals surface area contributed by atoms with E-state index in [0.29, 0.717) is 6.54 Å². The van der Waals surface area contributed by atoms with Crippen LogP contribution >= 0.6 is 0 Å². The number of carbonyl (C=O) groups excluding carboxylic acids is 1. The first-order valence-electron chi connectivity index (χ1n) is 9.78. The Bertz CT molecular complexity index is 937. The van der Waals surface area contributed by atoms with Gasteiger partial charge in [0.25, 0.3) is 0 Å². The van der Waals surface area contributed by atoms with Crippen LogP contribution in [0.1, 0.15) is 24.8 Å². The number of nitrogens with one attached hydrogen (secondary N) is 2. The summed E-state index contributed by atoms with van der Waals surface area (Å²) in [5.41, 5.74) is 2.65. The molecule has 8 heteroatoms. The van der Waals surface area contributed by atoms with E-state index in [1.807, 2.05) is 24.3 Å². The molecule has 0 saturated carbocycles. The van der Waals surface area contributed by atoms with Gasteiger partial charge in [-0.1, -0.05) is 24.3 Å². The van der Waals surface area contributed by atoms with Crippen LogP contribution < -0.4 is 15.5 Å². The van der Waals surface area contributed by atoms with Crippen molar-refractivity contribution >= 4 is 27.4 Å². The lowest BCUT2D eigenvalue weighted by Crippen LogP contribution is -2.32. The number of carbonyl (C=O) groups is 1. The summed E-state index contributed by atoms with van der Waals surface area (Å²) in [4.78, 5) is 14.9. The number of nitrogens with zero attached hydrogens (tertiary/aromatic N) is 2. The lowest BCUT2D eigenvalue weighted by molar-refractivity contribution is 0.251. The van der Waals surface area contributed by atoms with Crippen LogP contribution in [0.4, 0.5) is 16.2 Å². The monoisotopic (exact) mass is 416 g/mol. The van der Waals surface area contributed by atoms with Crippen molar-refractivity contribution in [2.45, 2.75) is 30.7 Å². The number of amides is 2. The van der Waals surface area contributed by atoms with Gasteiger partial charge in [0.2, 0.25) is 10.0 Å². The number of sulfonamides is 1. The average Bonchev–Trinajstić information content (AvgIpc) is 2.73. The normalized spacial score (nSPS) is 14.7. The molecule has 0 aliphatic carbocycles. The van der Waals surface area contributed by atoms with Gasteiger partial charge >= 0.3 is 6.03 Å². The van der Waals surface area contributed by atoms with Crippen molar-refractivity contribution in [2.75, 3.05) is 37.4 Å². The van der Waals surface area contributed by atoms with Gasteiger partial charge in [0, 0.05) is 33.7 Å². The molecule has 2 aromatic rings. The van der Waals surface area contributed by atoms with Crippen molar-refractivity contribution in [3.8, 4) is 0 Å². The Morgan fingerprint density at radius 1 is 1.00 bits per heavy atom. The highest BCUT2D eigenvalue weighted by atomic mass is 32.2. The van der Waals surface area contributed by atoms with Crippen LogP contribution in [0.2, 0.25) is 0 Å². The Balaban J connectivity index is 1.60. The highest BCUT2D eigenvalue weighted by molar-refractivity contribution is 7.89. The van der Waals surface area contributed by atoms with Gasteiger partial charge in [-0.15, -0.1) is 0 Å². The largest absolute Gasteiger partial charge is 0.370 e. The maximum Gasteiger partial charge on any atom is 0.319 e. The molecule has 2 amide bonds. The third-order valence-corrected chi connectivity index (χ3v) is 6.83. The predicted molar refractivity (Wildman–Crippen MR) is 116 cm³/mol. The van der Waals surface area contributed by atoms with Gasteiger partial charge in [-0.05, 0) is 49.1 Å². The summed E-state index contributed by atoms with van der Waals surface area (Å²) in [5.74, 6) is 0. The summed E-state index contributed by atoms with van der Waals surface area (Å²) in [7, 11) is -0.458. The molecule has 1 heterocycles. The quantitative estimate of drug-likeness (QED) is 0.757. The fraction of sp³-hybridized carbons (Fsp3) is 0.381. The van der Waals surface area contributed by atoms with Crippen LogP contribution in [-0.4, -0.2) is 45.9 Å². The molecule has 7 nitrogen and oxygen atoms in total. The second-order valence-electron chi connectivity index (χ2n) is 7.30. The maximum atomic E-state index is 12.4. The summed E-state index contributed by atoms with van der Waals surface area (Å²) < 4.78 is 25.4. The van der Waals surface area contributed by atoms with Crippen LogP contribution in [-0.2, 0) is 16.6 Å². The van der Waals surface area contributed by atoms with E-state index >= 15 is 0 Å². The van der Waals surface area contributed by atoms with E-state index in [0.717, 1.165) is 30.0 Å². The second kappa shape index (κ2) is 9.28. The van der Waals surface area contributed by atoms with Gasteiger partial charge in [-0.3, -0.25) is 0 Å². The summed E-state index contributed by atoms with van der Waals surface area (Å²) >= 11 is 0. The molecule has 156 valence electrons. The van der Waals surface area contributed by atoms with Gasteiger partial charge in [-0.2, -0.15) is 0 Å². The topological polar surface area (TPSA) is 81.8 Å². The molecule has 0 radical (unpaired) electrons. The summed E-state index contributed by atoms with van der Waals surface area (Å²) in [6, 6.07) is 14.1. The number of hydrogen-bond donors (Lipinski definition) is 2. The van der Waals surface area contributed by atoms with E-state index in [1.165, 1.54) is 37.7 Å². The number of anilines is 2. The Morgan fingerprint density at radius 2 is 1.66 bits per heavy atom. The number of urea groups is 1. The molecule has 29 heavy (non-hydrogen) atoms. The fourth-order valence-electron chi connectivity index (χ4n) is 3.33. The SMILES string of the molecule is CN(C)S(=O)(=O)c1ccc(CNC(=O)Nc2ccccc2N2CCCCC2)cc1. The van der Waals surface area contributed by atoms with Crippen LogP contribution in [0, 0.1) is 0 Å². The molecule has 1 saturated heterocycles. The Labute approximate surface area is 172 Å². The smallest absolute Gasteiger partial charge is 0.319 e. The van der Waals surface area contributed by atoms with Crippen molar-refractivity contribution in [2.24, 2.45) is 0 Å². The van der Waals surface area contributed by atoms with Crippen molar-refractivity contribution < 1.29 is 13.2 Å². The molecule has 0 bridgehead atoms. The van der Waals surface area contributed by atoms with Gasteiger partial charge in [-0.25, -0.2) is 17.5 Å². The first-order valence-corrected chi connectivity index (χ1v) is 11.2. The summed E-state index contributed by atoms with van der Waals surface area (Å²) in [5, 5.41) is 5.76. The lowest BCUT2D eigenvalue weighted by Gasteiger charge is -2.30. The van der Waals surface area contributed by atoms with Crippen LogP contribution in [0.5, 0.6) is 0 Å². The van der Waals surface area contributed by atoms with E-state index < -0.39 is 10.0 Å². The number of hydrogen-bond acceptors (Lipinski definition) is 4. The molecular weight excluding hydrogens is 388 g/mol. The van der Waals surface area contributed by atoms with Crippen LogP contribution in [0.15, 0.2) is 53.4 Å². The minimum absolute atomic E-state index is 0.228. The fourth-order valence-corrected chi connectivity index (χ4v) is 4.23. The highest BCUT2D eigenvalue weighted by Gasteiger charge is 2.17. The van der Waals surface area contributed by atoms with Gasteiger partial charge in [0.15, 0.2) is 0 Å². The van der Waals surface area contributed by atoms with E-state index in [9.17, 15) is 13.2 Å². The average molecular weight is 417 g/mol. The zero-order valence-corrected chi connectivity index (χ0v) is 17.7. The predicted octanol–water partition coefficient (Wildman–Crippen LogP) is 3.25. The first kappa shape index (κ1) is 21.1. The molecule has 0 unspecified atom stereocenters. The van der Waals surface area contributed by atoms with Crippen molar-refractivity contribution in [3.63, 3.8) is 0 Å². The molecule has 3 rings (SSSR count). The molecule has 2 N–H and O–H groups in total. The zero-order chi connectivity index (χ0) is 20.9. The first-order chi connectivity index (χ1) is 13.9. The number of para-hydroxylation sites is 2. The van der Waals surface area contributed by atoms with E-state index in [2.05, 4.69) is 15.5 Å². The maximum absolute atomic E-state index is 12.4. The summed E-state index contributed by atoms with van der Waals surface area (Å²) in [6.07, 6.45) is 3.58. The van der Waals surface area contributed by atoms with E-state index in [4.69, 9.17) is 0 Å². The van der Waals surface area contributed by atoms with Gasteiger partial charge in [0.05, 0.1) is 16.3 Å². The minimum Gasteiger partial charge on any atom is -0.370 e. The number of piperidine rings is 1. The van der Waals surface area contributed by atoms with Gasteiger partial charge < -0.3 is 15.5 Å². The number of rotatable bonds is 6. The minimum atomic E-state index is -3.45. The zero-order valence-electron chi connectivity index (χ0n) is 16.9. The molecule has 0 aromatic heterocycles. The molecule has 1 aliphatic rings. The molecule has 0 spiro atoms. The van der Waals surface area contributed by atoms with Crippen LogP contribution in [0.3, 0.4) is 0 Å². The second-order valence-corrected chi connectivity index (χ2v) is 9.46. The summed E-state index contributed by atoms with van der Waals surface area (Å²) in [6.45, 7) is 2.31. The Hall–Kier alpha value is -2.58.